The summed E-state index contributed by atoms with van der Waals surface area (Å²) in [6.07, 6.45) is 7.47. The summed E-state index contributed by atoms with van der Waals surface area (Å²) in [5.74, 6) is 0.330. The number of nitrogens with zero attached hydrogens (tertiary/aromatic N) is 3. The first kappa shape index (κ1) is 29.9. The molecule has 0 unspecified atom stereocenters. The van der Waals surface area contributed by atoms with Crippen molar-refractivity contribution < 1.29 is 14.7 Å². The lowest BCUT2D eigenvalue weighted by atomic mass is 9.83. The van der Waals surface area contributed by atoms with Crippen LogP contribution in [0.1, 0.15) is 62.0 Å². The quantitative estimate of drug-likeness (QED) is 0.398. The molecule has 2 amide bonds. The molecule has 2 saturated heterocycles. The van der Waals surface area contributed by atoms with Crippen molar-refractivity contribution in [3.05, 3.63) is 70.7 Å². The zero-order valence-corrected chi connectivity index (χ0v) is 25.0. The molecule has 3 atom stereocenters. The molecule has 0 radical (unpaired) electrons. The van der Waals surface area contributed by atoms with Gasteiger partial charge in [0, 0.05) is 63.3 Å². The molecule has 3 fully saturated rings. The van der Waals surface area contributed by atoms with Crippen LogP contribution in [-0.2, 0) is 11.3 Å². The molecule has 3 aliphatic rings. The normalized spacial score (nSPS) is 23.8. The minimum absolute atomic E-state index is 0.0450. The third kappa shape index (κ3) is 7.62. The van der Waals surface area contributed by atoms with Crippen molar-refractivity contribution in [3.8, 4) is 0 Å². The van der Waals surface area contributed by atoms with Crippen LogP contribution < -0.4 is 5.32 Å². The molecule has 2 aromatic rings. The van der Waals surface area contributed by atoms with Crippen LogP contribution in [-0.4, -0.2) is 83.7 Å². The highest BCUT2D eigenvalue weighted by Gasteiger charge is 2.43. The fourth-order valence-corrected chi connectivity index (χ4v) is 7.52. The van der Waals surface area contributed by atoms with Crippen molar-refractivity contribution in [2.75, 3.05) is 39.8 Å². The standard InChI is InChI=1S/C33H45ClN4O3/c1-36(33(41)35-20-24-12-14-28(34)15-13-24)29-16-18-37(19-17-29)21-27-22-38(23-30(27)25-8-4-2-5-9-25)31(32(39)40)26-10-6-3-7-11-26/h2,4-5,8-9,12-15,26-27,29-31H,3,6-7,10-11,16-23H2,1H3,(H,35,41)(H,39,40)/t27-,30+,31+/m0/s1. The third-order valence-corrected chi connectivity index (χ3v) is 9.97. The zero-order valence-electron chi connectivity index (χ0n) is 24.3. The lowest BCUT2D eigenvalue weighted by Crippen LogP contribution is -2.49. The van der Waals surface area contributed by atoms with Gasteiger partial charge in [0.05, 0.1) is 0 Å². The number of halogens is 1. The summed E-state index contributed by atoms with van der Waals surface area (Å²) in [6, 6.07) is 18.0. The molecule has 5 rings (SSSR count). The first-order chi connectivity index (χ1) is 19.9. The number of likely N-dealkylation sites (tertiary alicyclic amines) is 2. The van der Waals surface area contributed by atoms with Gasteiger partial charge in [0.25, 0.3) is 0 Å². The van der Waals surface area contributed by atoms with Crippen LogP contribution >= 0.6 is 11.6 Å². The van der Waals surface area contributed by atoms with Crippen molar-refractivity contribution in [3.63, 3.8) is 0 Å². The summed E-state index contributed by atoms with van der Waals surface area (Å²) in [5, 5.41) is 14.0. The van der Waals surface area contributed by atoms with E-state index < -0.39 is 5.97 Å². The van der Waals surface area contributed by atoms with Crippen molar-refractivity contribution in [1.29, 1.82) is 0 Å². The van der Waals surface area contributed by atoms with E-state index in [0.29, 0.717) is 23.4 Å². The van der Waals surface area contributed by atoms with Crippen LogP contribution in [0.3, 0.4) is 0 Å². The van der Waals surface area contributed by atoms with Crippen molar-refractivity contribution in [1.82, 2.24) is 20.0 Å². The van der Waals surface area contributed by atoms with Gasteiger partial charge < -0.3 is 20.2 Å². The van der Waals surface area contributed by atoms with E-state index in [4.69, 9.17) is 11.6 Å². The highest BCUT2D eigenvalue weighted by Crippen LogP contribution is 2.38. The Balaban J connectivity index is 1.17. The van der Waals surface area contributed by atoms with Gasteiger partial charge >= 0.3 is 12.0 Å². The van der Waals surface area contributed by atoms with E-state index in [1.165, 1.54) is 12.0 Å². The maximum absolute atomic E-state index is 12.8. The van der Waals surface area contributed by atoms with Crippen molar-refractivity contribution >= 4 is 23.6 Å². The molecule has 1 aliphatic carbocycles. The van der Waals surface area contributed by atoms with Crippen LogP contribution in [0.2, 0.25) is 5.02 Å². The van der Waals surface area contributed by atoms with Gasteiger partial charge in [0.1, 0.15) is 6.04 Å². The molecule has 8 heteroatoms. The van der Waals surface area contributed by atoms with E-state index in [9.17, 15) is 14.7 Å². The number of aliphatic carboxylic acids is 1. The van der Waals surface area contributed by atoms with Crippen LogP contribution in [0.25, 0.3) is 0 Å². The van der Waals surface area contributed by atoms with Crippen LogP contribution in [0, 0.1) is 11.8 Å². The van der Waals surface area contributed by atoms with Gasteiger partial charge in [-0.05, 0) is 60.8 Å². The van der Waals surface area contributed by atoms with Gasteiger partial charge in [-0.3, -0.25) is 9.69 Å². The summed E-state index contributed by atoms with van der Waals surface area (Å²) in [7, 11) is 1.90. The number of nitrogens with one attached hydrogen (secondary N) is 1. The zero-order chi connectivity index (χ0) is 28.8. The summed E-state index contributed by atoms with van der Waals surface area (Å²) in [4.78, 5) is 32.1. The predicted molar refractivity (Wildman–Crippen MR) is 163 cm³/mol. The molecule has 0 spiro atoms. The summed E-state index contributed by atoms with van der Waals surface area (Å²) < 4.78 is 0. The van der Waals surface area contributed by atoms with Crippen LogP contribution in [0.4, 0.5) is 4.79 Å². The maximum Gasteiger partial charge on any atom is 0.321 e. The van der Waals surface area contributed by atoms with Gasteiger partial charge in [-0.1, -0.05) is 73.3 Å². The molecule has 7 nitrogen and oxygen atoms in total. The lowest BCUT2D eigenvalue weighted by Gasteiger charge is -2.38. The third-order valence-electron chi connectivity index (χ3n) is 9.71. The van der Waals surface area contributed by atoms with Crippen LogP contribution in [0.5, 0.6) is 0 Å². The van der Waals surface area contributed by atoms with E-state index in [-0.39, 0.29) is 24.0 Å². The topological polar surface area (TPSA) is 76.1 Å². The Bertz CT molecular complexity index is 1130. The molecule has 222 valence electrons. The minimum Gasteiger partial charge on any atom is -0.480 e. The molecule has 1 saturated carbocycles. The first-order valence-corrected chi connectivity index (χ1v) is 15.8. The molecular weight excluding hydrogens is 536 g/mol. The van der Waals surface area contributed by atoms with Crippen LogP contribution in [0.15, 0.2) is 54.6 Å². The molecule has 2 aliphatic heterocycles. The maximum atomic E-state index is 12.8. The van der Waals surface area contributed by atoms with E-state index in [0.717, 1.165) is 76.8 Å². The number of amides is 2. The van der Waals surface area contributed by atoms with Crippen molar-refractivity contribution in [2.24, 2.45) is 11.8 Å². The highest BCUT2D eigenvalue weighted by atomic mass is 35.5. The summed E-state index contributed by atoms with van der Waals surface area (Å²) in [5.41, 5.74) is 2.35. The largest absolute Gasteiger partial charge is 0.480 e. The average Bonchev–Trinajstić information content (AvgIpc) is 3.40. The Morgan fingerprint density at radius 1 is 0.976 bits per heavy atom. The summed E-state index contributed by atoms with van der Waals surface area (Å²) >= 11 is 5.97. The van der Waals surface area contributed by atoms with Gasteiger partial charge in [-0.25, -0.2) is 4.79 Å². The molecule has 2 heterocycles. The van der Waals surface area contributed by atoms with E-state index in [1.807, 2.05) is 36.2 Å². The number of hydrogen-bond donors (Lipinski definition) is 2. The van der Waals surface area contributed by atoms with E-state index >= 15 is 0 Å². The van der Waals surface area contributed by atoms with Gasteiger partial charge in [0.2, 0.25) is 0 Å². The lowest BCUT2D eigenvalue weighted by molar-refractivity contribution is -0.145. The Morgan fingerprint density at radius 3 is 2.32 bits per heavy atom. The second-order valence-electron chi connectivity index (χ2n) is 12.3. The Morgan fingerprint density at radius 2 is 1.66 bits per heavy atom. The molecule has 2 N–H and O–H groups in total. The fraction of sp³-hybridized carbons (Fsp3) is 0.576. The molecule has 41 heavy (non-hydrogen) atoms. The molecule has 0 aromatic heterocycles. The number of carbonyl (C=O) groups excluding carboxylic acids is 1. The number of benzene rings is 2. The monoisotopic (exact) mass is 580 g/mol. The number of hydrogen-bond acceptors (Lipinski definition) is 4. The smallest absolute Gasteiger partial charge is 0.321 e. The number of rotatable bonds is 9. The number of carboxylic acid groups (broad SMARTS) is 1. The number of carboxylic acids is 1. The Kier molecular flexibility index (Phi) is 10.2. The first-order valence-electron chi connectivity index (χ1n) is 15.4. The van der Waals surface area contributed by atoms with Gasteiger partial charge in [-0.2, -0.15) is 0 Å². The average molecular weight is 581 g/mol. The second kappa shape index (κ2) is 14.0. The number of piperidine rings is 1. The molecule has 0 bridgehead atoms. The number of carbonyl (C=O) groups is 2. The Hall–Kier alpha value is -2.61. The summed E-state index contributed by atoms with van der Waals surface area (Å²) in [6.45, 7) is 4.99. The number of urea groups is 1. The van der Waals surface area contributed by atoms with Crippen molar-refractivity contribution in [2.45, 2.75) is 69.5 Å². The highest BCUT2D eigenvalue weighted by molar-refractivity contribution is 6.30. The Labute approximate surface area is 249 Å². The SMILES string of the molecule is CN(C(=O)NCc1ccc(Cl)cc1)C1CCN(C[C@H]2CN([C@@H](C(=O)O)C3CCCCC3)C[C@@H]2c2ccccc2)CC1. The van der Waals surface area contributed by atoms with Gasteiger partial charge in [0.15, 0.2) is 0 Å². The van der Waals surface area contributed by atoms with E-state index in [1.54, 1.807) is 0 Å². The molecule has 2 aromatic carbocycles. The van der Waals surface area contributed by atoms with Gasteiger partial charge in [-0.15, -0.1) is 0 Å². The predicted octanol–water partition coefficient (Wildman–Crippen LogP) is 5.69. The molecular formula is C33H45ClN4O3. The minimum atomic E-state index is -0.650. The fourth-order valence-electron chi connectivity index (χ4n) is 7.39. The second-order valence-corrected chi connectivity index (χ2v) is 12.8. The van der Waals surface area contributed by atoms with E-state index in [2.05, 4.69) is 45.4 Å².